The first-order valence-electron chi connectivity index (χ1n) is 9.18. The number of amides is 1. The highest BCUT2D eigenvalue weighted by Crippen LogP contribution is 2.40. The molecule has 0 saturated carbocycles. The Hall–Kier alpha value is -1.44. The molecule has 0 aliphatic carbocycles. The molecule has 3 saturated heterocycles. The van der Waals surface area contributed by atoms with Crippen molar-refractivity contribution in [1.82, 2.24) is 10.1 Å². The van der Waals surface area contributed by atoms with E-state index in [9.17, 15) is 4.79 Å². The van der Waals surface area contributed by atoms with Crippen LogP contribution in [0.5, 0.6) is 0 Å². The summed E-state index contributed by atoms with van der Waals surface area (Å²) in [5.74, 6) is 1.53. The van der Waals surface area contributed by atoms with E-state index in [0.29, 0.717) is 43.0 Å². The molecule has 1 spiro atoms. The van der Waals surface area contributed by atoms with E-state index in [2.05, 4.69) is 5.16 Å². The van der Waals surface area contributed by atoms with Crippen LogP contribution in [0.1, 0.15) is 35.5 Å². The van der Waals surface area contributed by atoms with Gasteiger partial charge in [0, 0.05) is 38.4 Å². The maximum atomic E-state index is 12.4. The van der Waals surface area contributed by atoms with Crippen molar-refractivity contribution in [1.29, 1.82) is 0 Å². The van der Waals surface area contributed by atoms with Gasteiger partial charge in [0.1, 0.15) is 11.4 Å². The number of carbonyl (C=O) groups is 1. The van der Waals surface area contributed by atoms with Crippen molar-refractivity contribution in [2.24, 2.45) is 11.8 Å². The van der Waals surface area contributed by atoms with Gasteiger partial charge in [-0.2, -0.15) is 0 Å². The largest absolute Gasteiger partial charge is 0.381 e. The number of nitrogens with zero attached hydrogens (tertiary/aromatic N) is 2. The molecule has 1 amide bonds. The summed E-state index contributed by atoms with van der Waals surface area (Å²) in [5, 5.41) is 3.81. The van der Waals surface area contributed by atoms with Gasteiger partial charge >= 0.3 is 0 Å². The Bertz CT molecular complexity index is 604. The van der Waals surface area contributed by atoms with Gasteiger partial charge in [0.15, 0.2) is 5.69 Å². The summed E-state index contributed by atoms with van der Waals surface area (Å²) in [6.07, 6.45) is 3.18. The minimum Gasteiger partial charge on any atom is -0.381 e. The zero-order valence-corrected chi connectivity index (χ0v) is 14.7. The fraction of sp³-hybridized carbons (Fsp3) is 0.778. The van der Waals surface area contributed by atoms with Crippen LogP contribution in [-0.2, 0) is 14.2 Å². The van der Waals surface area contributed by atoms with Crippen LogP contribution >= 0.6 is 0 Å². The van der Waals surface area contributed by atoms with E-state index in [0.717, 1.165) is 45.7 Å². The highest BCUT2D eigenvalue weighted by atomic mass is 16.5. The van der Waals surface area contributed by atoms with Crippen LogP contribution in [-0.4, -0.2) is 67.7 Å². The molecule has 0 radical (unpaired) electrons. The lowest BCUT2D eigenvalue weighted by atomic mass is 9.81. The van der Waals surface area contributed by atoms with Gasteiger partial charge in [-0.1, -0.05) is 5.16 Å². The number of likely N-dealkylation sites (tertiary alicyclic amines) is 1. The standard InChI is InChI=1S/C18H26N2O5/c1-13-8-16(19-25-13)17(21)20-11-18(12-20)15(4-7-24-18)10-23-9-14-2-5-22-6-3-14/h8,14-15H,2-7,9-12H2,1H3/t15-/m1/s1. The van der Waals surface area contributed by atoms with Crippen molar-refractivity contribution in [3.63, 3.8) is 0 Å². The fourth-order valence-corrected chi connectivity index (χ4v) is 4.03. The zero-order valence-electron chi connectivity index (χ0n) is 14.7. The predicted molar refractivity (Wildman–Crippen MR) is 88.3 cm³/mol. The predicted octanol–water partition coefficient (Wildman–Crippen LogP) is 1.66. The Kier molecular flexibility index (Phi) is 4.80. The Morgan fingerprint density at radius 2 is 2.08 bits per heavy atom. The third-order valence-corrected chi connectivity index (χ3v) is 5.66. The highest BCUT2D eigenvalue weighted by molar-refractivity contribution is 5.93. The van der Waals surface area contributed by atoms with Crippen molar-refractivity contribution in [3.8, 4) is 0 Å². The minimum atomic E-state index is -0.232. The molecular weight excluding hydrogens is 324 g/mol. The molecule has 7 heteroatoms. The lowest BCUT2D eigenvalue weighted by molar-refractivity contribution is -0.130. The van der Waals surface area contributed by atoms with Crippen LogP contribution in [0.15, 0.2) is 10.6 Å². The molecule has 3 aliphatic rings. The third kappa shape index (κ3) is 3.45. The molecule has 25 heavy (non-hydrogen) atoms. The maximum Gasteiger partial charge on any atom is 0.276 e. The van der Waals surface area contributed by atoms with Gasteiger partial charge in [-0.05, 0) is 32.1 Å². The summed E-state index contributed by atoms with van der Waals surface area (Å²) in [5.41, 5.74) is 0.141. The molecule has 3 fully saturated rings. The van der Waals surface area contributed by atoms with E-state index in [1.54, 1.807) is 17.9 Å². The normalized spacial score (nSPS) is 26.1. The van der Waals surface area contributed by atoms with Crippen molar-refractivity contribution >= 4 is 5.91 Å². The number of ether oxygens (including phenoxy) is 3. The zero-order chi connectivity index (χ0) is 17.3. The Morgan fingerprint density at radius 3 is 2.80 bits per heavy atom. The monoisotopic (exact) mass is 350 g/mol. The molecule has 0 aromatic carbocycles. The van der Waals surface area contributed by atoms with E-state index in [-0.39, 0.29) is 11.5 Å². The molecule has 0 unspecified atom stereocenters. The van der Waals surface area contributed by atoms with Crippen molar-refractivity contribution in [2.45, 2.75) is 31.8 Å². The Labute approximate surface area is 147 Å². The van der Waals surface area contributed by atoms with Gasteiger partial charge in [0.2, 0.25) is 0 Å². The summed E-state index contributed by atoms with van der Waals surface area (Å²) in [4.78, 5) is 14.2. The molecule has 1 atom stereocenters. The maximum absolute atomic E-state index is 12.4. The second kappa shape index (κ2) is 7.05. The Morgan fingerprint density at radius 1 is 1.28 bits per heavy atom. The van der Waals surface area contributed by atoms with Crippen LogP contribution < -0.4 is 0 Å². The van der Waals surface area contributed by atoms with Gasteiger partial charge in [-0.15, -0.1) is 0 Å². The average molecular weight is 350 g/mol. The van der Waals surface area contributed by atoms with Gasteiger partial charge < -0.3 is 23.6 Å². The van der Waals surface area contributed by atoms with Gasteiger partial charge in [-0.25, -0.2) is 0 Å². The van der Waals surface area contributed by atoms with Crippen LogP contribution in [0.25, 0.3) is 0 Å². The van der Waals surface area contributed by atoms with E-state index < -0.39 is 0 Å². The van der Waals surface area contributed by atoms with Crippen molar-refractivity contribution in [2.75, 3.05) is 46.1 Å². The van der Waals surface area contributed by atoms with E-state index in [1.165, 1.54) is 0 Å². The first-order valence-corrected chi connectivity index (χ1v) is 9.18. The molecule has 1 aromatic heterocycles. The number of rotatable bonds is 5. The second-order valence-electron chi connectivity index (χ2n) is 7.48. The van der Waals surface area contributed by atoms with E-state index >= 15 is 0 Å². The SMILES string of the molecule is Cc1cc(C(=O)N2CC3(C2)OCC[C@@H]3COCC2CCOCC2)no1. The van der Waals surface area contributed by atoms with E-state index in [1.807, 2.05) is 0 Å². The third-order valence-electron chi connectivity index (χ3n) is 5.66. The van der Waals surface area contributed by atoms with Gasteiger partial charge in [0.25, 0.3) is 5.91 Å². The van der Waals surface area contributed by atoms with Gasteiger partial charge in [0.05, 0.1) is 19.7 Å². The van der Waals surface area contributed by atoms with Gasteiger partial charge in [-0.3, -0.25) is 4.79 Å². The number of hydrogen-bond acceptors (Lipinski definition) is 6. The summed E-state index contributed by atoms with van der Waals surface area (Å²) in [7, 11) is 0. The first kappa shape index (κ1) is 17.0. The molecule has 1 aromatic rings. The molecule has 4 heterocycles. The number of carbonyl (C=O) groups excluding carboxylic acids is 1. The fourth-order valence-electron chi connectivity index (χ4n) is 4.03. The minimum absolute atomic E-state index is 0.0835. The van der Waals surface area contributed by atoms with Crippen LogP contribution in [0, 0.1) is 18.8 Å². The molecule has 138 valence electrons. The van der Waals surface area contributed by atoms with Crippen LogP contribution in [0.2, 0.25) is 0 Å². The number of aryl methyl sites for hydroxylation is 1. The van der Waals surface area contributed by atoms with E-state index in [4.69, 9.17) is 18.7 Å². The summed E-state index contributed by atoms with van der Waals surface area (Å²) in [6, 6.07) is 1.68. The average Bonchev–Trinajstić information content (AvgIpc) is 3.20. The molecule has 0 bridgehead atoms. The Balaban J connectivity index is 1.26. The highest BCUT2D eigenvalue weighted by Gasteiger charge is 2.54. The molecule has 3 aliphatic heterocycles. The van der Waals surface area contributed by atoms with Crippen molar-refractivity contribution < 1.29 is 23.5 Å². The number of aromatic nitrogens is 1. The lowest BCUT2D eigenvalue weighted by Gasteiger charge is -2.49. The molecule has 4 rings (SSSR count). The topological polar surface area (TPSA) is 74.0 Å². The van der Waals surface area contributed by atoms with Crippen LogP contribution in [0.3, 0.4) is 0 Å². The quantitative estimate of drug-likeness (QED) is 0.804. The molecule has 0 N–H and O–H groups in total. The molecular formula is C18H26N2O5. The first-order chi connectivity index (χ1) is 12.2. The summed E-state index contributed by atoms with van der Waals surface area (Å²) in [6.45, 7) is 6.97. The molecule has 7 nitrogen and oxygen atoms in total. The smallest absolute Gasteiger partial charge is 0.276 e. The summed E-state index contributed by atoms with van der Waals surface area (Å²) < 4.78 is 22.4. The van der Waals surface area contributed by atoms with Crippen LogP contribution in [0.4, 0.5) is 0 Å². The lowest BCUT2D eigenvalue weighted by Crippen LogP contribution is -2.66. The second-order valence-corrected chi connectivity index (χ2v) is 7.48. The summed E-state index contributed by atoms with van der Waals surface area (Å²) >= 11 is 0. The number of hydrogen-bond donors (Lipinski definition) is 0. The van der Waals surface area contributed by atoms with Crippen molar-refractivity contribution in [3.05, 3.63) is 17.5 Å².